The van der Waals surface area contributed by atoms with Crippen molar-refractivity contribution >= 4 is 28.8 Å². The summed E-state index contributed by atoms with van der Waals surface area (Å²) in [7, 11) is 0. The summed E-state index contributed by atoms with van der Waals surface area (Å²) in [4.78, 5) is 5.16. The molecule has 0 amide bonds. The molecule has 0 saturated heterocycles. The van der Waals surface area contributed by atoms with Crippen LogP contribution in [-0.4, -0.2) is 15.2 Å². The van der Waals surface area contributed by atoms with Crippen LogP contribution in [0.5, 0.6) is 0 Å². The van der Waals surface area contributed by atoms with E-state index in [0.29, 0.717) is 11.5 Å². The summed E-state index contributed by atoms with van der Waals surface area (Å²) in [5.74, 6) is 0.626. The number of H-pyrrole nitrogens is 1. The van der Waals surface area contributed by atoms with Gasteiger partial charge in [-0.2, -0.15) is 5.10 Å². The van der Waals surface area contributed by atoms with Gasteiger partial charge in [0, 0.05) is 23.0 Å². The fraction of sp³-hybridized carbons (Fsp3) is 0. The van der Waals surface area contributed by atoms with E-state index in [9.17, 15) is 0 Å². The maximum atomic E-state index is 4.12. The minimum atomic E-state index is 0.626. The Hall–Kier alpha value is -2.21. The first-order valence-electron chi connectivity index (χ1n) is 5.36. The molecule has 0 unspecified atom stereocenters. The second-order valence-electron chi connectivity index (χ2n) is 3.53. The second-order valence-corrected chi connectivity index (χ2v) is 4.35. The van der Waals surface area contributed by atoms with Gasteiger partial charge in [-0.3, -0.25) is 5.10 Å². The zero-order valence-electron chi connectivity index (χ0n) is 9.32. The lowest BCUT2D eigenvalue weighted by atomic mass is 10.3. The topological polar surface area (TPSA) is 66.3 Å². The van der Waals surface area contributed by atoms with Gasteiger partial charge < -0.3 is 0 Å². The number of nitrogens with one attached hydrogen (secondary N) is 1. The van der Waals surface area contributed by atoms with E-state index in [-0.39, 0.29) is 0 Å². The molecular formula is C12H9N5S. The maximum Gasteiger partial charge on any atom is 0.183 e. The van der Waals surface area contributed by atoms with Crippen molar-refractivity contribution in [1.29, 1.82) is 0 Å². The van der Waals surface area contributed by atoms with Gasteiger partial charge in [-0.05, 0) is 24.3 Å². The molecule has 18 heavy (non-hydrogen) atoms. The van der Waals surface area contributed by atoms with E-state index >= 15 is 0 Å². The average molecular weight is 255 g/mol. The van der Waals surface area contributed by atoms with Crippen LogP contribution in [0.1, 0.15) is 0 Å². The van der Waals surface area contributed by atoms with E-state index in [1.807, 2.05) is 42.5 Å². The fourth-order valence-electron chi connectivity index (χ4n) is 1.50. The summed E-state index contributed by atoms with van der Waals surface area (Å²) in [5, 5.41) is 11.8. The van der Waals surface area contributed by atoms with Crippen molar-refractivity contribution in [2.45, 2.75) is 4.90 Å². The molecule has 0 bridgehead atoms. The Morgan fingerprint density at radius 1 is 1.06 bits per heavy atom. The third-order valence-electron chi connectivity index (χ3n) is 2.34. The molecule has 88 valence electrons. The summed E-state index contributed by atoms with van der Waals surface area (Å²) in [6.07, 6.45) is 1.70. The largest absolute Gasteiger partial charge is 0.257 e. The molecular weight excluding hydrogens is 246 g/mol. The number of aromatic nitrogens is 3. The number of rotatable bonds is 3. The third-order valence-corrected chi connectivity index (χ3v) is 2.99. The van der Waals surface area contributed by atoms with Crippen LogP contribution in [-0.2, 0) is 0 Å². The van der Waals surface area contributed by atoms with Crippen molar-refractivity contribution in [2.24, 2.45) is 9.63 Å². The zero-order valence-corrected chi connectivity index (χ0v) is 10.1. The Bertz CT molecular complexity index is 677. The monoisotopic (exact) mass is 255 g/mol. The predicted octanol–water partition coefficient (Wildman–Crippen LogP) is 3.75. The van der Waals surface area contributed by atoms with Gasteiger partial charge in [-0.15, -0.1) is 9.63 Å². The van der Waals surface area contributed by atoms with Crippen LogP contribution in [0.25, 0.3) is 11.0 Å². The summed E-state index contributed by atoms with van der Waals surface area (Å²) in [5.41, 5.74) is 0.649. The SMILES string of the molecule is c1ccc(S/N=N/c2[nH]nc3ncccc23)cc1. The molecule has 0 radical (unpaired) electrons. The molecule has 5 nitrogen and oxygen atoms in total. The predicted molar refractivity (Wildman–Crippen MR) is 70.7 cm³/mol. The van der Waals surface area contributed by atoms with Gasteiger partial charge >= 0.3 is 0 Å². The van der Waals surface area contributed by atoms with Crippen molar-refractivity contribution < 1.29 is 0 Å². The second kappa shape index (κ2) is 4.97. The fourth-order valence-corrected chi connectivity index (χ4v) is 2.00. The summed E-state index contributed by atoms with van der Waals surface area (Å²) in [6, 6.07) is 13.6. The standard InChI is InChI=1S/C12H9N5S/c1-2-5-9(6-3-1)18-17-16-12-10-7-4-8-13-11(10)14-15-12/h1-8H,(H,13,14,15)/b17-16+. The lowest BCUT2D eigenvalue weighted by Gasteiger charge is -1.91. The lowest BCUT2D eigenvalue weighted by molar-refractivity contribution is 1.07. The number of benzene rings is 1. The Labute approximate surface area is 107 Å². The Balaban J connectivity index is 1.80. The quantitative estimate of drug-likeness (QED) is 0.572. The Kier molecular flexibility index (Phi) is 3.01. The Morgan fingerprint density at radius 2 is 1.94 bits per heavy atom. The van der Waals surface area contributed by atoms with Crippen LogP contribution in [0.3, 0.4) is 0 Å². The highest BCUT2D eigenvalue weighted by Gasteiger charge is 2.03. The number of pyridine rings is 1. The summed E-state index contributed by atoms with van der Waals surface area (Å²) >= 11 is 1.32. The molecule has 0 aliphatic carbocycles. The average Bonchev–Trinajstić information content (AvgIpc) is 2.84. The van der Waals surface area contributed by atoms with E-state index in [4.69, 9.17) is 0 Å². The minimum Gasteiger partial charge on any atom is -0.257 e. The van der Waals surface area contributed by atoms with E-state index in [0.717, 1.165) is 10.3 Å². The molecule has 2 aromatic heterocycles. The van der Waals surface area contributed by atoms with Crippen LogP contribution in [0, 0.1) is 0 Å². The van der Waals surface area contributed by atoms with Gasteiger partial charge in [0.15, 0.2) is 11.5 Å². The Morgan fingerprint density at radius 3 is 2.83 bits per heavy atom. The van der Waals surface area contributed by atoms with Gasteiger partial charge in [-0.25, -0.2) is 4.98 Å². The summed E-state index contributed by atoms with van der Waals surface area (Å²) < 4.78 is 4.08. The molecule has 6 heteroatoms. The van der Waals surface area contributed by atoms with Crippen LogP contribution in [0.4, 0.5) is 5.82 Å². The lowest BCUT2D eigenvalue weighted by Crippen LogP contribution is -1.71. The van der Waals surface area contributed by atoms with Crippen molar-refractivity contribution in [2.75, 3.05) is 0 Å². The zero-order chi connectivity index (χ0) is 12.2. The molecule has 0 aliphatic heterocycles. The molecule has 3 rings (SSSR count). The molecule has 0 atom stereocenters. The first-order chi connectivity index (χ1) is 8.93. The molecule has 0 aliphatic rings. The highest BCUT2D eigenvalue weighted by molar-refractivity contribution is 7.97. The van der Waals surface area contributed by atoms with Crippen molar-refractivity contribution in [3.8, 4) is 0 Å². The maximum absolute atomic E-state index is 4.12. The van der Waals surface area contributed by atoms with Gasteiger partial charge in [0.05, 0.1) is 5.39 Å². The van der Waals surface area contributed by atoms with Crippen LogP contribution in [0.2, 0.25) is 0 Å². The van der Waals surface area contributed by atoms with Crippen LogP contribution < -0.4 is 0 Å². The van der Waals surface area contributed by atoms with Crippen molar-refractivity contribution in [1.82, 2.24) is 15.2 Å². The van der Waals surface area contributed by atoms with E-state index in [1.165, 1.54) is 11.9 Å². The third kappa shape index (κ3) is 2.23. The summed E-state index contributed by atoms with van der Waals surface area (Å²) in [6.45, 7) is 0. The van der Waals surface area contributed by atoms with Crippen molar-refractivity contribution in [3.63, 3.8) is 0 Å². The normalized spacial score (nSPS) is 11.3. The smallest absolute Gasteiger partial charge is 0.183 e. The van der Waals surface area contributed by atoms with E-state index in [1.54, 1.807) is 6.20 Å². The number of fused-ring (bicyclic) bond motifs is 1. The van der Waals surface area contributed by atoms with Gasteiger partial charge in [-0.1, -0.05) is 18.2 Å². The molecule has 0 saturated carbocycles. The van der Waals surface area contributed by atoms with E-state index in [2.05, 4.69) is 24.8 Å². The van der Waals surface area contributed by atoms with Gasteiger partial charge in [0.2, 0.25) is 0 Å². The molecule has 1 N–H and O–H groups in total. The van der Waals surface area contributed by atoms with Crippen LogP contribution in [0.15, 0.2) is 63.2 Å². The number of aromatic amines is 1. The molecule has 1 aromatic carbocycles. The van der Waals surface area contributed by atoms with Crippen molar-refractivity contribution in [3.05, 3.63) is 48.7 Å². The highest BCUT2D eigenvalue weighted by atomic mass is 32.2. The molecule has 2 heterocycles. The number of nitrogens with zero attached hydrogens (tertiary/aromatic N) is 4. The molecule has 0 fully saturated rings. The van der Waals surface area contributed by atoms with Crippen LogP contribution >= 0.6 is 11.9 Å². The molecule has 0 spiro atoms. The number of hydrogen-bond donors (Lipinski definition) is 1. The number of hydrogen-bond acceptors (Lipinski definition) is 5. The van der Waals surface area contributed by atoms with E-state index < -0.39 is 0 Å². The first kappa shape index (κ1) is 10.9. The van der Waals surface area contributed by atoms with Gasteiger partial charge in [0.25, 0.3) is 0 Å². The highest BCUT2D eigenvalue weighted by Crippen LogP contribution is 2.25. The van der Waals surface area contributed by atoms with Gasteiger partial charge in [0.1, 0.15) is 0 Å². The molecule has 3 aromatic rings. The minimum absolute atomic E-state index is 0.626. The first-order valence-corrected chi connectivity index (χ1v) is 6.13.